The van der Waals surface area contributed by atoms with Crippen molar-refractivity contribution in [2.75, 3.05) is 38.8 Å². The van der Waals surface area contributed by atoms with Crippen molar-refractivity contribution < 1.29 is 13.5 Å². The Labute approximate surface area is 98.5 Å². The summed E-state index contributed by atoms with van der Waals surface area (Å²) in [6.07, 6.45) is 2.82. The lowest BCUT2D eigenvalue weighted by Crippen LogP contribution is -2.40. The molecule has 0 aromatic heterocycles. The number of aliphatic hydroxyl groups excluding tert-OH is 1. The van der Waals surface area contributed by atoms with Gasteiger partial charge in [0.2, 0.25) is 0 Å². The fourth-order valence-electron chi connectivity index (χ4n) is 1.27. The predicted molar refractivity (Wildman–Crippen MR) is 66.1 cm³/mol. The molecule has 0 aliphatic heterocycles. The van der Waals surface area contributed by atoms with Crippen LogP contribution in [0.15, 0.2) is 0 Å². The van der Waals surface area contributed by atoms with Crippen molar-refractivity contribution in [1.82, 2.24) is 4.90 Å². The van der Waals surface area contributed by atoms with E-state index in [1.54, 1.807) is 0 Å². The summed E-state index contributed by atoms with van der Waals surface area (Å²) >= 11 is 0. The summed E-state index contributed by atoms with van der Waals surface area (Å²) in [6.45, 7) is 3.12. The van der Waals surface area contributed by atoms with E-state index < -0.39 is 15.4 Å². The molecule has 0 aromatic carbocycles. The zero-order valence-electron chi connectivity index (χ0n) is 10.4. The van der Waals surface area contributed by atoms with Crippen molar-refractivity contribution in [1.29, 1.82) is 0 Å². The first kappa shape index (κ1) is 15.8. The molecule has 5 nitrogen and oxygen atoms in total. The average Bonchev–Trinajstić information content (AvgIpc) is 2.13. The van der Waals surface area contributed by atoms with E-state index in [9.17, 15) is 8.42 Å². The van der Waals surface area contributed by atoms with Crippen LogP contribution in [0.25, 0.3) is 0 Å². The van der Waals surface area contributed by atoms with Crippen molar-refractivity contribution in [3.63, 3.8) is 0 Å². The van der Waals surface area contributed by atoms with Gasteiger partial charge in [-0.25, -0.2) is 8.42 Å². The number of nitrogens with two attached hydrogens (primary N) is 1. The summed E-state index contributed by atoms with van der Waals surface area (Å²) in [5.41, 5.74) is 5.25. The van der Waals surface area contributed by atoms with E-state index in [-0.39, 0.29) is 12.4 Å². The highest BCUT2D eigenvalue weighted by molar-refractivity contribution is 7.90. The molecule has 3 N–H and O–H groups in total. The summed E-state index contributed by atoms with van der Waals surface area (Å²) in [5, 5.41) is 8.95. The quantitative estimate of drug-likeness (QED) is 0.606. The zero-order valence-corrected chi connectivity index (χ0v) is 11.3. The van der Waals surface area contributed by atoms with Crippen molar-refractivity contribution in [3.8, 4) is 0 Å². The molecule has 0 spiro atoms. The lowest BCUT2D eigenvalue weighted by molar-refractivity contribution is 0.192. The summed E-state index contributed by atoms with van der Waals surface area (Å²) in [6, 6.07) is 0. The van der Waals surface area contributed by atoms with Gasteiger partial charge in [0, 0.05) is 18.3 Å². The minimum Gasteiger partial charge on any atom is -0.394 e. The van der Waals surface area contributed by atoms with Crippen molar-refractivity contribution in [3.05, 3.63) is 0 Å². The van der Waals surface area contributed by atoms with Gasteiger partial charge in [-0.3, -0.25) is 0 Å². The van der Waals surface area contributed by atoms with Crippen LogP contribution >= 0.6 is 0 Å². The normalized spacial score (nSPS) is 16.4. The van der Waals surface area contributed by atoms with Crippen LogP contribution < -0.4 is 5.73 Å². The lowest BCUT2D eigenvalue weighted by Gasteiger charge is -2.23. The molecule has 0 saturated carbocycles. The summed E-state index contributed by atoms with van der Waals surface area (Å²) in [7, 11) is -0.997. The Morgan fingerprint density at radius 2 is 1.94 bits per heavy atom. The van der Waals surface area contributed by atoms with Crippen LogP contribution in [0, 0.1) is 0 Å². The Morgan fingerprint density at radius 1 is 1.38 bits per heavy atom. The van der Waals surface area contributed by atoms with Gasteiger partial charge in [0.05, 0.1) is 12.4 Å². The molecule has 0 aromatic rings. The van der Waals surface area contributed by atoms with E-state index in [1.807, 2.05) is 18.9 Å². The van der Waals surface area contributed by atoms with Gasteiger partial charge in [-0.15, -0.1) is 0 Å². The van der Waals surface area contributed by atoms with Crippen LogP contribution in [0.1, 0.15) is 19.8 Å². The van der Waals surface area contributed by atoms with Crippen molar-refractivity contribution >= 4 is 9.84 Å². The molecule has 0 saturated heterocycles. The van der Waals surface area contributed by atoms with Gasteiger partial charge in [-0.1, -0.05) is 0 Å². The fraction of sp³-hybridized carbons (Fsp3) is 1.00. The minimum atomic E-state index is -2.88. The summed E-state index contributed by atoms with van der Waals surface area (Å²) < 4.78 is 21.9. The standard InChI is InChI=1S/C10H24N2O3S/c1-10(11,9-13)5-4-6-12(2)7-8-16(3,14)15/h13H,4-9,11H2,1-3H3. The highest BCUT2D eigenvalue weighted by atomic mass is 32.2. The third-order valence-corrected chi connectivity index (χ3v) is 3.42. The molecule has 6 heteroatoms. The van der Waals surface area contributed by atoms with Gasteiger partial charge in [-0.05, 0) is 33.4 Å². The van der Waals surface area contributed by atoms with Crippen LogP contribution in [-0.4, -0.2) is 62.7 Å². The largest absolute Gasteiger partial charge is 0.394 e. The number of aliphatic hydroxyl groups is 1. The van der Waals surface area contributed by atoms with Gasteiger partial charge in [0.1, 0.15) is 9.84 Å². The first-order valence-corrected chi connectivity index (χ1v) is 7.48. The molecule has 0 radical (unpaired) electrons. The van der Waals surface area contributed by atoms with E-state index in [0.717, 1.165) is 19.4 Å². The van der Waals surface area contributed by atoms with Gasteiger partial charge in [0.25, 0.3) is 0 Å². The molecule has 0 aliphatic rings. The minimum absolute atomic E-state index is 0.0277. The first-order valence-electron chi connectivity index (χ1n) is 5.42. The number of sulfone groups is 1. The smallest absolute Gasteiger partial charge is 0.148 e. The Kier molecular flexibility index (Phi) is 6.47. The SMILES string of the molecule is CN(CCCC(C)(N)CO)CCS(C)(=O)=O. The molecule has 0 heterocycles. The van der Waals surface area contributed by atoms with Gasteiger partial charge in [0.15, 0.2) is 0 Å². The third-order valence-electron chi connectivity index (χ3n) is 2.49. The van der Waals surface area contributed by atoms with E-state index in [4.69, 9.17) is 10.8 Å². The molecule has 0 amide bonds. The molecule has 0 fully saturated rings. The lowest BCUT2D eigenvalue weighted by atomic mass is 9.98. The number of hydrogen-bond donors (Lipinski definition) is 2. The molecule has 1 atom stereocenters. The van der Waals surface area contributed by atoms with E-state index in [0.29, 0.717) is 6.54 Å². The Hall–Kier alpha value is -0.170. The maximum Gasteiger partial charge on any atom is 0.148 e. The van der Waals surface area contributed by atoms with Crippen LogP contribution in [0.5, 0.6) is 0 Å². The summed E-state index contributed by atoms with van der Waals surface area (Å²) in [5.74, 6) is 0.184. The molecule has 0 bridgehead atoms. The van der Waals surface area contributed by atoms with E-state index >= 15 is 0 Å². The molecule has 0 rings (SSSR count). The second-order valence-corrected chi connectivity index (χ2v) is 7.11. The van der Waals surface area contributed by atoms with E-state index in [1.165, 1.54) is 6.26 Å². The molecule has 98 valence electrons. The zero-order chi connectivity index (χ0) is 12.8. The molecular formula is C10H24N2O3S. The van der Waals surface area contributed by atoms with Crippen LogP contribution in [0.2, 0.25) is 0 Å². The van der Waals surface area contributed by atoms with Crippen molar-refractivity contribution in [2.45, 2.75) is 25.3 Å². The third kappa shape index (κ3) is 9.08. The van der Waals surface area contributed by atoms with Crippen molar-refractivity contribution in [2.24, 2.45) is 5.73 Å². The van der Waals surface area contributed by atoms with Gasteiger partial charge >= 0.3 is 0 Å². The second-order valence-electron chi connectivity index (χ2n) is 4.85. The monoisotopic (exact) mass is 252 g/mol. The average molecular weight is 252 g/mol. The molecular weight excluding hydrogens is 228 g/mol. The highest BCUT2D eigenvalue weighted by Gasteiger charge is 2.16. The maximum absolute atomic E-state index is 10.9. The van der Waals surface area contributed by atoms with Gasteiger partial charge < -0.3 is 15.7 Å². The number of rotatable bonds is 8. The topological polar surface area (TPSA) is 83.6 Å². The van der Waals surface area contributed by atoms with Crippen LogP contribution in [0.4, 0.5) is 0 Å². The van der Waals surface area contributed by atoms with Gasteiger partial charge in [-0.2, -0.15) is 0 Å². The van der Waals surface area contributed by atoms with Crippen LogP contribution in [0.3, 0.4) is 0 Å². The Balaban J connectivity index is 3.71. The second kappa shape index (κ2) is 6.54. The fourth-order valence-corrected chi connectivity index (χ4v) is 1.91. The highest BCUT2D eigenvalue weighted by Crippen LogP contribution is 2.07. The molecule has 0 aliphatic carbocycles. The molecule has 16 heavy (non-hydrogen) atoms. The first-order chi connectivity index (χ1) is 7.16. The van der Waals surface area contributed by atoms with E-state index in [2.05, 4.69) is 0 Å². The number of hydrogen-bond acceptors (Lipinski definition) is 5. The predicted octanol–water partition coefficient (Wildman–Crippen LogP) is -0.547. The van der Waals surface area contributed by atoms with Crippen LogP contribution in [-0.2, 0) is 9.84 Å². The Morgan fingerprint density at radius 3 is 2.38 bits per heavy atom. The maximum atomic E-state index is 10.9. The summed E-state index contributed by atoms with van der Waals surface area (Å²) in [4.78, 5) is 1.97. The molecule has 1 unspecified atom stereocenters. The number of nitrogens with zero attached hydrogens (tertiary/aromatic N) is 1. The Bertz CT molecular complexity index is 288.